The molecule has 0 atom stereocenters. The van der Waals surface area contributed by atoms with Gasteiger partial charge in [0.05, 0.1) is 0 Å². The lowest BCUT2D eigenvalue weighted by Gasteiger charge is -2.08. The van der Waals surface area contributed by atoms with E-state index in [0.717, 1.165) is 16.7 Å². The van der Waals surface area contributed by atoms with Crippen LogP contribution < -0.4 is 5.73 Å². The number of nitrogen functional groups attached to an aromatic ring is 1. The van der Waals surface area contributed by atoms with Gasteiger partial charge in [-0.15, -0.1) is 11.8 Å². The highest BCUT2D eigenvalue weighted by Gasteiger charge is 2.11. The molecule has 4 heteroatoms. The van der Waals surface area contributed by atoms with E-state index in [2.05, 4.69) is 22.1 Å². The summed E-state index contributed by atoms with van der Waals surface area (Å²) in [7, 11) is 0. The minimum absolute atomic E-state index is 0.545. The van der Waals surface area contributed by atoms with Crippen molar-refractivity contribution in [2.45, 2.75) is 17.9 Å². The molecule has 1 aliphatic carbocycles. The number of nitrogens with two attached hydrogens (primary N) is 1. The van der Waals surface area contributed by atoms with Crippen LogP contribution in [0.3, 0.4) is 0 Å². The topological polar surface area (TPSA) is 51.8 Å². The number of hydrogen-bond acceptors (Lipinski definition) is 4. The van der Waals surface area contributed by atoms with E-state index in [1.165, 1.54) is 12.8 Å². The van der Waals surface area contributed by atoms with Gasteiger partial charge in [0, 0.05) is 18.1 Å². The Balaban J connectivity index is 1.88. The van der Waals surface area contributed by atoms with Crippen molar-refractivity contribution in [2.75, 3.05) is 11.5 Å². The fourth-order valence-electron chi connectivity index (χ4n) is 1.45. The molecule has 14 heavy (non-hydrogen) atoms. The summed E-state index contributed by atoms with van der Waals surface area (Å²) in [4.78, 5) is 8.20. The first-order valence-corrected chi connectivity index (χ1v) is 5.69. The molecule has 0 saturated heterocycles. The highest BCUT2D eigenvalue weighted by atomic mass is 32.2. The molecule has 74 valence electrons. The smallest absolute Gasteiger partial charge is 0.156 e. The lowest BCUT2D eigenvalue weighted by Crippen LogP contribution is -2.00. The summed E-state index contributed by atoms with van der Waals surface area (Å²) in [5, 5.41) is 0.861. The predicted molar refractivity (Wildman–Crippen MR) is 59.0 cm³/mol. The van der Waals surface area contributed by atoms with E-state index in [0.29, 0.717) is 5.82 Å². The highest BCUT2D eigenvalue weighted by molar-refractivity contribution is 7.99. The Morgan fingerprint density at radius 3 is 2.71 bits per heavy atom. The summed E-state index contributed by atoms with van der Waals surface area (Å²) < 4.78 is 0. The van der Waals surface area contributed by atoms with E-state index in [1.807, 2.05) is 0 Å². The van der Waals surface area contributed by atoms with E-state index < -0.39 is 0 Å². The number of aromatic nitrogens is 2. The van der Waals surface area contributed by atoms with Crippen LogP contribution in [-0.2, 0) is 0 Å². The van der Waals surface area contributed by atoms with Gasteiger partial charge in [0.15, 0.2) is 5.82 Å². The largest absolute Gasteiger partial charge is 0.381 e. The Labute approximate surface area is 87.8 Å². The van der Waals surface area contributed by atoms with Crippen LogP contribution in [0.4, 0.5) is 5.82 Å². The summed E-state index contributed by atoms with van der Waals surface area (Å²) >= 11 is 1.71. The van der Waals surface area contributed by atoms with Crippen molar-refractivity contribution in [1.82, 2.24) is 9.97 Å². The van der Waals surface area contributed by atoms with Crippen molar-refractivity contribution in [1.29, 1.82) is 0 Å². The Bertz CT molecular complexity index is 330. The van der Waals surface area contributed by atoms with Crippen LogP contribution in [0.15, 0.2) is 29.6 Å². The zero-order chi connectivity index (χ0) is 9.80. The zero-order valence-corrected chi connectivity index (χ0v) is 8.70. The Morgan fingerprint density at radius 1 is 1.29 bits per heavy atom. The Hall–Kier alpha value is -1.03. The molecule has 0 saturated carbocycles. The summed E-state index contributed by atoms with van der Waals surface area (Å²) in [5.74, 6) is 2.38. The van der Waals surface area contributed by atoms with Gasteiger partial charge in [-0.2, -0.15) is 0 Å². The zero-order valence-electron chi connectivity index (χ0n) is 7.89. The normalized spacial score (nSPS) is 16.3. The number of nitrogens with zero attached hydrogens (tertiary/aromatic N) is 2. The fourth-order valence-corrected chi connectivity index (χ4v) is 2.46. The van der Waals surface area contributed by atoms with Crippen molar-refractivity contribution < 1.29 is 0 Å². The van der Waals surface area contributed by atoms with Crippen LogP contribution in [0.1, 0.15) is 12.8 Å². The van der Waals surface area contributed by atoms with Gasteiger partial charge in [-0.3, -0.25) is 0 Å². The second kappa shape index (κ2) is 4.46. The van der Waals surface area contributed by atoms with Crippen molar-refractivity contribution in [2.24, 2.45) is 5.92 Å². The van der Waals surface area contributed by atoms with Gasteiger partial charge in [-0.05, 0) is 18.8 Å². The molecule has 3 nitrogen and oxygen atoms in total. The maximum atomic E-state index is 5.70. The van der Waals surface area contributed by atoms with E-state index in [4.69, 9.17) is 5.73 Å². The second-order valence-corrected chi connectivity index (χ2v) is 4.38. The molecule has 0 bridgehead atoms. The van der Waals surface area contributed by atoms with Gasteiger partial charge in [-0.1, -0.05) is 12.2 Å². The first kappa shape index (κ1) is 9.52. The van der Waals surface area contributed by atoms with E-state index in [-0.39, 0.29) is 0 Å². The number of rotatable bonds is 3. The monoisotopic (exact) mass is 207 g/mol. The second-order valence-electron chi connectivity index (χ2n) is 3.37. The lowest BCUT2D eigenvalue weighted by molar-refractivity contribution is 0.649. The van der Waals surface area contributed by atoms with Gasteiger partial charge in [0.2, 0.25) is 0 Å². The highest BCUT2D eigenvalue weighted by Crippen LogP contribution is 2.27. The molecule has 0 aromatic carbocycles. The first-order chi connectivity index (χ1) is 6.86. The molecule has 2 rings (SSSR count). The van der Waals surface area contributed by atoms with Gasteiger partial charge in [0.1, 0.15) is 5.03 Å². The van der Waals surface area contributed by atoms with E-state index >= 15 is 0 Å². The molecule has 0 amide bonds. The maximum absolute atomic E-state index is 5.70. The van der Waals surface area contributed by atoms with Crippen LogP contribution in [0, 0.1) is 5.92 Å². The average molecular weight is 207 g/mol. The fraction of sp³-hybridized carbons (Fsp3) is 0.400. The summed E-state index contributed by atoms with van der Waals surface area (Å²) in [6.45, 7) is 0. The number of thioether (sulfide) groups is 1. The Kier molecular flexibility index (Phi) is 3.03. The molecule has 0 unspecified atom stereocenters. The minimum atomic E-state index is 0.545. The average Bonchev–Trinajstić information content (AvgIpc) is 2.69. The molecule has 1 aromatic heterocycles. The SMILES string of the molecule is Nc1nccnc1SCC1CC=CC1. The van der Waals surface area contributed by atoms with Crippen molar-refractivity contribution >= 4 is 17.6 Å². The van der Waals surface area contributed by atoms with Crippen molar-refractivity contribution in [3.63, 3.8) is 0 Å². The maximum Gasteiger partial charge on any atom is 0.156 e. The molecule has 1 aliphatic rings. The number of hydrogen-bond donors (Lipinski definition) is 1. The van der Waals surface area contributed by atoms with Gasteiger partial charge in [-0.25, -0.2) is 9.97 Å². The van der Waals surface area contributed by atoms with Crippen LogP contribution >= 0.6 is 11.8 Å². The van der Waals surface area contributed by atoms with Crippen LogP contribution in [0.5, 0.6) is 0 Å². The molecule has 2 N–H and O–H groups in total. The molecule has 0 fully saturated rings. The third-order valence-corrected chi connectivity index (χ3v) is 3.48. The molecule has 1 heterocycles. The summed E-state index contributed by atoms with van der Waals surface area (Å²) in [6.07, 6.45) is 10.2. The first-order valence-electron chi connectivity index (χ1n) is 4.70. The van der Waals surface area contributed by atoms with Crippen molar-refractivity contribution in [3.05, 3.63) is 24.5 Å². The molecule has 1 aromatic rings. The minimum Gasteiger partial charge on any atom is -0.381 e. The molecular formula is C10H13N3S. The molecular weight excluding hydrogens is 194 g/mol. The molecule has 0 radical (unpaired) electrons. The number of anilines is 1. The summed E-state index contributed by atoms with van der Waals surface area (Å²) in [6, 6.07) is 0. The molecule has 0 aliphatic heterocycles. The summed E-state index contributed by atoms with van der Waals surface area (Å²) in [5.41, 5.74) is 5.70. The van der Waals surface area contributed by atoms with Gasteiger partial charge >= 0.3 is 0 Å². The molecule has 0 spiro atoms. The number of allylic oxidation sites excluding steroid dienone is 2. The third kappa shape index (κ3) is 2.26. The van der Waals surface area contributed by atoms with E-state index in [1.54, 1.807) is 24.2 Å². The predicted octanol–water partition coefficient (Wildman–Crippen LogP) is 2.12. The van der Waals surface area contributed by atoms with Gasteiger partial charge < -0.3 is 5.73 Å². The quantitative estimate of drug-likeness (QED) is 0.609. The van der Waals surface area contributed by atoms with E-state index in [9.17, 15) is 0 Å². The van der Waals surface area contributed by atoms with Crippen LogP contribution in [-0.4, -0.2) is 15.7 Å². The van der Waals surface area contributed by atoms with Gasteiger partial charge in [0.25, 0.3) is 0 Å². The lowest BCUT2D eigenvalue weighted by atomic mass is 10.1. The van der Waals surface area contributed by atoms with Crippen LogP contribution in [0.2, 0.25) is 0 Å². The van der Waals surface area contributed by atoms with Crippen molar-refractivity contribution in [3.8, 4) is 0 Å². The Morgan fingerprint density at radius 2 is 2.00 bits per heavy atom. The standard InChI is InChI=1S/C10H13N3S/c11-9-10(13-6-5-12-9)14-7-8-3-1-2-4-8/h1-2,5-6,8H,3-4,7H2,(H2,11,12). The third-order valence-electron chi connectivity index (χ3n) is 2.25. The van der Waals surface area contributed by atoms with Crippen LogP contribution in [0.25, 0.3) is 0 Å².